The minimum absolute atomic E-state index is 0.241. The topological polar surface area (TPSA) is 129 Å². The van der Waals surface area contributed by atoms with Gasteiger partial charge in [-0.3, -0.25) is 4.90 Å². The SMILES string of the molecule is COC(=O)C1=C(CSc2nnc(-c3ccco3)n2N)N(C)C(=O)N[C@@H]1c1ccccc1. The average molecular weight is 440 g/mol. The fourth-order valence-corrected chi connectivity index (χ4v) is 4.20. The van der Waals surface area contributed by atoms with Gasteiger partial charge >= 0.3 is 12.0 Å². The largest absolute Gasteiger partial charge is 0.466 e. The lowest BCUT2D eigenvalue weighted by atomic mass is 9.95. The second-order valence-electron chi connectivity index (χ2n) is 6.65. The van der Waals surface area contributed by atoms with Crippen LogP contribution in [0.1, 0.15) is 11.6 Å². The Bertz CT molecular complexity index is 1130. The van der Waals surface area contributed by atoms with E-state index in [2.05, 4.69) is 15.5 Å². The van der Waals surface area contributed by atoms with Crippen molar-refractivity contribution in [1.82, 2.24) is 25.1 Å². The highest BCUT2D eigenvalue weighted by Gasteiger charge is 2.36. The minimum Gasteiger partial charge on any atom is -0.466 e. The molecule has 1 aliphatic heterocycles. The van der Waals surface area contributed by atoms with Crippen LogP contribution in [-0.4, -0.2) is 51.7 Å². The fourth-order valence-electron chi connectivity index (χ4n) is 3.26. The average Bonchev–Trinajstić information content (AvgIpc) is 3.44. The van der Waals surface area contributed by atoms with E-state index in [0.29, 0.717) is 28.0 Å². The predicted octanol–water partition coefficient (Wildman–Crippen LogP) is 2.17. The molecular weight excluding hydrogens is 420 g/mol. The number of aromatic nitrogens is 3. The first-order valence-corrected chi connectivity index (χ1v) is 10.3. The second kappa shape index (κ2) is 8.56. The summed E-state index contributed by atoms with van der Waals surface area (Å²) < 4.78 is 11.7. The summed E-state index contributed by atoms with van der Waals surface area (Å²) in [5.41, 5.74) is 1.61. The standard InChI is InChI=1S/C20H20N6O4S/c1-25-13(11-31-20-24-23-17(26(20)21)14-9-6-10-30-14)15(18(27)29-2)16(22-19(25)28)12-7-4-3-5-8-12/h3-10,16H,11,21H2,1-2H3,(H,22,28)/t16-/m1/s1. The van der Waals surface area contributed by atoms with Crippen molar-refractivity contribution in [2.75, 3.05) is 25.8 Å². The predicted molar refractivity (Wildman–Crippen MR) is 113 cm³/mol. The Hall–Kier alpha value is -3.73. The Morgan fingerprint density at radius 2 is 2.03 bits per heavy atom. The van der Waals surface area contributed by atoms with Crippen LogP contribution in [0.25, 0.3) is 11.6 Å². The van der Waals surface area contributed by atoms with Crippen LogP contribution in [0.15, 0.2) is 69.6 Å². The quantitative estimate of drug-likeness (QED) is 0.339. The first-order valence-electron chi connectivity index (χ1n) is 9.29. The smallest absolute Gasteiger partial charge is 0.338 e. The number of benzene rings is 1. The van der Waals surface area contributed by atoms with E-state index in [1.165, 1.54) is 34.7 Å². The molecule has 0 bridgehead atoms. The molecule has 11 heteroatoms. The second-order valence-corrected chi connectivity index (χ2v) is 7.59. The summed E-state index contributed by atoms with van der Waals surface area (Å²) in [7, 11) is 2.90. The zero-order valence-electron chi connectivity index (χ0n) is 16.8. The van der Waals surface area contributed by atoms with Gasteiger partial charge in [-0.1, -0.05) is 42.1 Å². The maximum atomic E-state index is 12.7. The van der Waals surface area contributed by atoms with Crippen LogP contribution < -0.4 is 11.2 Å². The highest BCUT2D eigenvalue weighted by molar-refractivity contribution is 7.99. The van der Waals surface area contributed by atoms with Gasteiger partial charge in [0, 0.05) is 18.5 Å². The third-order valence-electron chi connectivity index (χ3n) is 4.86. The van der Waals surface area contributed by atoms with Crippen LogP contribution in [0.2, 0.25) is 0 Å². The number of hydrogen-bond acceptors (Lipinski definition) is 8. The first kappa shape index (κ1) is 20.5. The number of nitrogen functional groups attached to an aromatic ring is 1. The van der Waals surface area contributed by atoms with Crippen molar-refractivity contribution < 1.29 is 18.7 Å². The molecule has 3 aromatic rings. The molecule has 10 nitrogen and oxygen atoms in total. The molecule has 0 saturated carbocycles. The number of carbonyl (C=O) groups excluding carboxylic acids is 2. The number of furan rings is 1. The number of hydrogen-bond donors (Lipinski definition) is 2. The van der Waals surface area contributed by atoms with Crippen LogP contribution >= 0.6 is 11.8 Å². The number of nitrogens with two attached hydrogens (primary N) is 1. The molecule has 1 aromatic carbocycles. The number of esters is 1. The van der Waals surface area contributed by atoms with Crippen molar-refractivity contribution in [3.8, 4) is 11.6 Å². The van der Waals surface area contributed by atoms with E-state index in [9.17, 15) is 9.59 Å². The molecule has 1 aliphatic rings. The molecule has 0 radical (unpaired) electrons. The van der Waals surface area contributed by atoms with Crippen LogP contribution in [0.5, 0.6) is 0 Å². The van der Waals surface area contributed by atoms with E-state index in [-0.39, 0.29) is 11.8 Å². The summed E-state index contributed by atoms with van der Waals surface area (Å²) in [6.07, 6.45) is 1.52. The summed E-state index contributed by atoms with van der Waals surface area (Å²) >= 11 is 1.24. The summed E-state index contributed by atoms with van der Waals surface area (Å²) in [5.74, 6) is 6.68. The fraction of sp³-hybridized carbons (Fsp3) is 0.200. The molecule has 3 N–H and O–H groups in total. The van der Waals surface area contributed by atoms with Gasteiger partial charge in [0.05, 0.1) is 25.0 Å². The molecule has 0 saturated heterocycles. The lowest BCUT2D eigenvalue weighted by molar-refractivity contribution is -0.136. The summed E-state index contributed by atoms with van der Waals surface area (Å²) in [4.78, 5) is 26.7. The van der Waals surface area contributed by atoms with E-state index in [4.69, 9.17) is 15.0 Å². The molecular formula is C20H20N6O4S. The number of amides is 2. The van der Waals surface area contributed by atoms with Crippen molar-refractivity contribution in [2.45, 2.75) is 11.2 Å². The lowest BCUT2D eigenvalue weighted by Gasteiger charge is -2.34. The van der Waals surface area contributed by atoms with Gasteiger partial charge in [0.15, 0.2) is 5.76 Å². The molecule has 2 aromatic heterocycles. The van der Waals surface area contributed by atoms with Gasteiger partial charge in [0.25, 0.3) is 0 Å². The van der Waals surface area contributed by atoms with Crippen molar-refractivity contribution in [3.63, 3.8) is 0 Å². The Morgan fingerprint density at radius 3 is 2.71 bits per heavy atom. The molecule has 1 atom stereocenters. The van der Waals surface area contributed by atoms with E-state index < -0.39 is 12.0 Å². The maximum absolute atomic E-state index is 12.7. The zero-order valence-corrected chi connectivity index (χ0v) is 17.6. The number of methoxy groups -OCH3 is 1. The van der Waals surface area contributed by atoms with E-state index in [1.54, 1.807) is 19.2 Å². The molecule has 0 fully saturated rings. The molecule has 160 valence electrons. The highest BCUT2D eigenvalue weighted by Crippen LogP contribution is 2.33. The number of urea groups is 1. The third-order valence-corrected chi connectivity index (χ3v) is 5.81. The molecule has 31 heavy (non-hydrogen) atoms. The Labute approximate surface area is 182 Å². The van der Waals surface area contributed by atoms with Gasteiger partial charge < -0.3 is 20.3 Å². The van der Waals surface area contributed by atoms with Gasteiger partial charge in [-0.25, -0.2) is 14.3 Å². The summed E-state index contributed by atoms with van der Waals surface area (Å²) in [6.45, 7) is 0. The van der Waals surface area contributed by atoms with Crippen molar-refractivity contribution >= 4 is 23.8 Å². The number of nitrogens with one attached hydrogen (secondary N) is 1. The third kappa shape index (κ3) is 3.87. The van der Waals surface area contributed by atoms with Gasteiger partial charge in [0.1, 0.15) is 0 Å². The summed E-state index contributed by atoms with van der Waals surface area (Å²) in [5, 5.41) is 11.4. The number of ether oxygens (including phenoxy) is 1. The van der Waals surface area contributed by atoms with Crippen LogP contribution in [-0.2, 0) is 9.53 Å². The normalized spacial score (nSPS) is 16.4. The van der Waals surface area contributed by atoms with Crippen molar-refractivity contribution in [2.24, 2.45) is 0 Å². The Morgan fingerprint density at radius 1 is 1.26 bits per heavy atom. The van der Waals surface area contributed by atoms with Gasteiger partial charge in [-0.05, 0) is 17.7 Å². The number of nitrogens with zero attached hydrogens (tertiary/aromatic N) is 4. The lowest BCUT2D eigenvalue weighted by Crippen LogP contribution is -2.47. The van der Waals surface area contributed by atoms with Crippen molar-refractivity contribution in [3.05, 3.63) is 65.6 Å². The monoisotopic (exact) mass is 440 g/mol. The molecule has 4 rings (SSSR count). The maximum Gasteiger partial charge on any atom is 0.338 e. The Balaban J connectivity index is 1.68. The highest BCUT2D eigenvalue weighted by atomic mass is 32.2. The first-order chi connectivity index (χ1) is 15.0. The molecule has 3 heterocycles. The molecule has 0 unspecified atom stereocenters. The van der Waals surface area contributed by atoms with Crippen LogP contribution in [0, 0.1) is 0 Å². The minimum atomic E-state index is -0.637. The van der Waals surface area contributed by atoms with Crippen LogP contribution in [0.4, 0.5) is 4.79 Å². The van der Waals surface area contributed by atoms with Crippen molar-refractivity contribution in [1.29, 1.82) is 0 Å². The van der Waals surface area contributed by atoms with E-state index >= 15 is 0 Å². The molecule has 0 spiro atoms. The summed E-state index contributed by atoms with van der Waals surface area (Å²) in [6, 6.07) is 11.7. The van der Waals surface area contributed by atoms with Crippen LogP contribution in [0.3, 0.4) is 0 Å². The van der Waals surface area contributed by atoms with Gasteiger partial charge in [0.2, 0.25) is 11.0 Å². The van der Waals surface area contributed by atoms with Gasteiger partial charge in [-0.2, -0.15) is 0 Å². The van der Waals surface area contributed by atoms with E-state index in [0.717, 1.165) is 5.56 Å². The number of thioether (sulfide) groups is 1. The zero-order chi connectivity index (χ0) is 22.0. The van der Waals surface area contributed by atoms with E-state index in [1.807, 2.05) is 30.3 Å². The number of carbonyl (C=O) groups is 2. The number of rotatable bonds is 6. The molecule has 2 amide bonds. The Kier molecular flexibility index (Phi) is 5.67. The molecule has 0 aliphatic carbocycles. The van der Waals surface area contributed by atoms with Gasteiger partial charge in [-0.15, -0.1) is 10.2 Å².